The molecule has 1 aromatic rings. The van der Waals surface area contributed by atoms with Gasteiger partial charge in [0.25, 0.3) is 0 Å². The van der Waals surface area contributed by atoms with Crippen molar-refractivity contribution >= 4 is 0 Å². The average molecular weight is 153 g/mol. The molecule has 60 valence electrons. The number of nitrogens with zero attached hydrogens (tertiary/aromatic N) is 3. The molecule has 11 heavy (non-hydrogen) atoms. The molecule has 0 unspecified atom stereocenters. The van der Waals surface area contributed by atoms with Gasteiger partial charge in [0.15, 0.2) is 5.75 Å². The Morgan fingerprint density at radius 1 is 1.45 bits per heavy atom. The van der Waals surface area contributed by atoms with Crippen molar-refractivity contribution in [2.24, 2.45) is 0 Å². The summed E-state index contributed by atoms with van der Waals surface area (Å²) in [5.74, 6) is 0.741. The zero-order chi connectivity index (χ0) is 8.10. The van der Waals surface area contributed by atoms with Crippen LogP contribution in [-0.4, -0.2) is 22.0 Å². The second-order valence-corrected chi connectivity index (χ2v) is 2.03. The van der Waals surface area contributed by atoms with Crippen molar-refractivity contribution < 1.29 is 4.74 Å². The van der Waals surface area contributed by atoms with Crippen molar-refractivity contribution in [1.29, 1.82) is 0 Å². The first-order valence-electron chi connectivity index (χ1n) is 3.68. The molecule has 0 atom stereocenters. The van der Waals surface area contributed by atoms with E-state index in [0.29, 0.717) is 6.61 Å². The van der Waals surface area contributed by atoms with Gasteiger partial charge >= 0.3 is 0 Å². The summed E-state index contributed by atoms with van der Waals surface area (Å²) in [5, 5.41) is 11.0. The molecular formula is C7H11N3O. The van der Waals surface area contributed by atoms with Crippen LogP contribution in [0.25, 0.3) is 0 Å². The Balaban J connectivity index is 2.83. The second kappa shape index (κ2) is 3.85. The number of rotatable bonds is 3. The van der Waals surface area contributed by atoms with Gasteiger partial charge in [0.2, 0.25) is 0 Å². The van der Waals surface area contributed by atoms with Crippen LogP contribution in [0.5, 0.6) is 5.75 Å². The summed E-state index contributed by atoms with van der Waals surface area (Å²) in [5.41, 5.74) is 0.863. The summed E-state index contributed by atoms with van der Waals surface area (Å²) < 4.78 is 5.26. The highest BCUT2D eigenvalue weighted by molar-refractivity contribution is 5.21. The molecular weight excluding hydrogens is 142 g/mol. The van der Waals surface area contributed by atoms with E-state index >= 15 is 0 Å². The normalized spacial score (nSPS) is 9.64. The molecule has 1 aromatic heterocycles. The van der Waals surface area contributed by atoms with Crippen LogP contribution in [-0.2, 0) is 6.42 Å². The molecule has 0 fully saturated rings. The van der Waals surface area contributed by atoms with Crippen molar-refractivity contribution in [2.45, 2.75) is 20.3 Å². The van der Waals surface area contributed by atoms with Crippen LogP contribution in [0.1, 0.15) is 19.5 Å². The maximum atomic E-state index is 5.26. The van der Waals surface area contributed by atoms with Crippen molar-refractivity contribution in [3.05, 3.63) is 11.9 Å². The molecule has 0 saturated carbocycles. The minimum absolute atomic E-state index is 0.639. The molecule has 0 aromatic carbocycles. The summed E-state index contributed by atoms with van der Waals surface area (Å²) in [6.45, 7) is 4.58. The SMILES string of the molecule is CCOc1cnnnc1CC. The van der Waals surface area contributed by atoms with Gasteiger partial charge in [0, 0.05) is 0 Å². The summed E-state index contributed by atoms with van der Waals surface area (Å²) >= 11 is 0. The van der Waals surface area contributed by atoms with Crippen molar-refractivity contribution in [3.8, 4) is 5.75 Å². The minimum atomic E-state index is 0.639. The summed E-state index contributed by atoms with van der Waals surface area (Å²) in [6.07, 6.45) is 2.42. The highest BCUT2D eigenvalue weighted by Crippen LogP contribution is 2.12. The van der Waals surface area contributed by atoms with E-state index in [1.165, 1.54) is 0 Å². The second-order valence-electron chi connectivity index (χ2n) is 2.03. The van der Waals surface area contributed by atoms with Gasteiger partial charge in [-0.05, 0) is 18.6 Å². The summed E-state index contributed by atoms with van der Waals surface area (Å²) in [7, 11) is 0. The third kappa shape index (κ3) is 1.86. The quantitative estimate of drug-likeness (QED) is 0.645. The molecule has 4 nitrogen and oxygen atoms in total. The lowest BCUT2D eigenvalue weighted by Gasteiger charge is -2.03. The third-order valence-electron chi connectivity index (χ3n) is 1.31. The Labute approximate surface area is 65.6 Å². The fourth-order valence-electron chi connectivity index (χ4n) is 0.803. The molecule has 0 radical (unpaired) electrons. The molecule has 1 rings (SSSR count). The smallest absolute Gasteiger partial charge is 0.162 e. The van der Waals surface area contributed by atoms with Crippen LogP contribution in [0, 0.1) is 0 Å². The number of aromatic nitrogens is 3. The van der Waals surface area contributed by atoms with Gasteiger partial charge in [-0.1, -0.05) is 6.92 Å². The van der Waals surface area contributed by atoms with E-state index < -0.39 is 0 Å². The fraction of sp³-hybridized carbons (Fsp3) is 0.571. The Bertz CT molecular complexity index is 227. The predicted octanol–water partition coefficient (Wildman–Crippen LogP) is 0.833. The highest BCUT2D eigenvalue weighted by atomic mass is 16.5. The van der Waals surface area contributed by atoms with Crippen molar-refractivity contribution in [2.75, 3.05) is 6.61 Å². The van der Waals surface area contributed by atoms with E-state index in [1.807, 2.05) is 13.8 Å². The first-order valence-corrected chi connectivity index (χ1v) is 3.68. The van der Waals surface area contributed by atoms with Crippen LogP contribution in [0.4, 0.5) is 0 Å². The van der Waals surface area contributed by atoms with Gasteiger partial charge < -0.3 is 4.74 Å². The van der Waals surface area contributed by atoms with E-state index in [4.69, 9.17) is 4.74 Å². The zero-order valence-electron chi connectivity index (χ0n) is 6.74. The predicted molar refractivity (Wildman–Crippen MR) is 40.4 cm³/mol. The lowest BCUT2D eigenvalue weighted by Crippen LogP contribution is -2.00. The number of ether oxygens (including phenoxy) is 1. The first-order chi connectivity index (χ1) is 5.38. The molecule has 0 aliphatic rings. The van der Waals surface area contributed by atoms with E-state index in [-0.39, 0.29) is 0 Å². The average Bonchev–Trinajstić information content (AvgIpc) is 2.06. The summed E-state index contributed by atoms with van der Waals surface area (Å²) in [4.78, 5) is 0. The van der Waals surface area contributed by atoms with E-state index in [1.54, 1.807) is 6.20 Å². The maximum absolute atomic E-state index is 5.26. The Kier molecular flexibility index (Phi) is 2.77. The lowest BCUT2D eigenvalue weighted by molar-refractivity contribution is 0.331. The number of hydrogen-bond acceptors (Lipinski definition) is 4. The third-order valence-corrected chi connectivity index (χ3v) is 1.31. The van der Waals surface area contributed by atoms with Gasteiger partial charge in [0.05, 0.1) is 12.8 Å². The van der Waals surface area contributed by atoms with Crippen molar-refractivity contribution in [3.63, 3.8) is 0 Å². The van der Waals surface area contributed by atoms with E-state index in [0.717, 1.165) is 17.9 Å². The monoisotopic (exact) mass is 153 g/mol. The maximum Gasteiger partial charge on any atom is 0.162 e. The molecule has 0 bridgehead atoms. The van der Waals surface area contributed by atoms with Gasteiger partial charge in [-0.25, -0.2) is 0 Å². The van der Waals surface area contributed by atoms with Crippen LogP contribution >= 0.6 is 0 Å². The standard InChI is InChI=1S/C7H11N3O/c1-3-6-7(11-4-2)5-8-10-9-6/h5H,3-4H2,1-2H3. The lowest BCUT2D eigenvalue weighted by atomic mass is 10.3. The molecule has 0 saturated heterocycles. The number of hydrogen-bond donors (Lipinski definition) is 0. The number of aryl methyl sites for hydroxylation is 1. The highest BCUT2D eigenvalue weighted by Gasteiger charge is 2.01. The molecule has 0 aliphatic carbocycles. The first kappa shape index (κ1) is 7.91. The molecule has 0 aliphatic heterocycles. The van der Waals surface area contributed by atoms with Gasteiger partial charge in [0.1, 0.15) is 5.69 Å². The van der Waals surface area contributed by atoms with Crippen LogP contribution in [0.15, 0.2) is 6.20 Å². The Hall–Kier alpha value is -1.19. The molecule has 0 N–H and O–H groups in total. The van der Waals surface area contributed by atoms with Gasteiger partial charge in [-0.3, -0.25) is 0 Å². The Morgan fingerprint density at radius 2 is 2.27 bits per heavy atom. The summed E-state index contributed by atoms with van der Waals surface area (Å²) in [6, 6.07) is 0. The van der Waals surface area contributed by atoms with Crippen molar-refractivity contribution in [1.82, 2.24) is 15.4 Å². The van der Waals surface area contributed by atoms with Crippen LogP contribution < -0.4 is 4.74 Å². The van der Waals surface area contributed by atoms with E-state index in [9.17, 15) is 0 Å². The largest absolute Gasteiger partial charge is 0.490 e. The van der Waals surface area contributed by atoms with Gasteiger partial charge in [-0.15, -0.1) is 10.2 Å². The fourth-order valence-corrected chi connectivity index (χ4v) is 0.803. The molecule has 1 heterocycles. The molecule has 4 heteroatoms. The van der Waals surface area contributed by atoms with E-state index in [2.05, 4.69) is 15.4 Å². The zero-order valence-corrected chi connectivity index (χ0v) is 6.74. The topological polar surface area (TPSA) is 47.9 Å². The van der Waals surface area contributed by atoms with Crippen LogP contribution in [0.2, 0.25) is 0 Å². The van der Waals surface area contributed by atoms with Gasteiger partial charge in [-0.2, -0.15) is 0 Å². The molecule has 0 amide bonds. The molecule has 0 spiro atoms. The Morgan fingerprint density at radius 3 is 2.91 bits per heavy atom. The minimum Gasteiger partial charge on any atom is -0.490 e. The van der Waals surface area contributed by atoms with Crippen LogP contribution in [0.3, 0.4) is 0 Å².